The number of hydrogen-bond acceptors (Lipinski definition) is 3. The first-order valence-corrected chi connectivity index (χ1v) is 12.3. The van der Waals surface area contributed by atoms with Crippen LogP contribution in [0.4, 0.5) is 0 Å². The fourth-order valence-corrected chi connectivity index (χ4v) is 4.43. The van der Waals surface area contributed by atoms with E-state index in [2.05, 4.69) is 19.2 Å². The molecule has 5 nitrogen and oxygen atoms in total. The minimum atomic E-state index is -0.523. The molecule has 1 saturated carbocycles. The molecule has 0 bridgehead atoms. The molecule has 1 fully saturated rings. The number of ether oxygens (including phenoxy) is 1. The third kappa shape index (κ3) is 6.83. The van der Waals surface area contributed by atoms with E-state index >= 15 is 0 Å². The monoisotopic (exact) mass is 450 g/mol. The van der Waals surface area contributed by atoms with Crippen molar-refractivity contribution in [2.24, 2.45) is 0 Å². The van der Waals surface area contributed by atoms with Gasteiger partial charge in [0.25, 0.3) is 5.91 Å². The zero-order chi connectivity index (χ0) is 23.8. The highest BCUT2D eigenvalue weighted by Crippen LogP contribution is 2.21. The topological polar surface area (TPSA) is 58.6 Å². The third-order valence-corrected chi connectivity index (χ3v) is 6.60. The van der Waals surface area contributed by atoms with Crippen LogP contribution in [0, 0.1) is 6.92 Å². The van der Waals surface area contributed by atoms with E-state index in [1.807, 2.05) is 62.4 Å². The van der Waals surface area contributed by atoms with Crippen LogP contribution in [0.3, 0.4) is 0 Å². The number of benzene rings is 2. The molecule has 0 spiro atoms. The standard InChI is InChI=1S/C28H38N2O3/c1-5-26(28(32)29-24-12-8-9-13-24)30(18-23-11-7-6-10-21(23)4)27(31)19-33-25-16-14-22(15-17-25)20(2)3/h6-7,10-11,14-17,20,24,26H,5,8-9,12-13,18-19H2,1-4H3,(H,29,32). The van der Waals surface area contributed by atoms with Crippen LogP contribution >= 0.6 is 0 Å². The molecule has 1 unspecified atom stereocenters. The van der Waals surface area contributed by atoms with Gasteiger partial charge in [0.15, 0.2) is 6.61 Å². The smallest absolute Gasteiger partial charge is 0.261 e. The molecule has 0 aromatic heterocycles. The van der Waals surface area contributed by atoms with E-state index in [1.165, 1.54) is 5.56 Å². The van der Waals surface area contributed by atoms with Crippen molar-refractivity contribution in [2.75, 3.05) is 6.61 Å². The van der Waals surface area contributed by atoms with Crippen molar-refractivity contribution >= 4 is 11.8 Å². The largest absolute Gasteiger partial charge is 0.484 e. The van der Waals surface area contributed by atoms with Crippen molar-refractivity contribution in [1.82, 2.24) is 10.2 Å². The molecule has 2 aromatic carbocycles. The lowest BCUT2D eigenvalue weighted by molar-refractivity contribution is -0.143. The van der Waals surface area contributed by atoms with Crippen LogP contribution in [0.5, 0.6) is 5.75 Å². The van der Waals surface area contributed by atoms with Gasteiger partial charge in [-0.05, 0) is 60.9 Å². The molecule has 178 valence electrons. The number of aryl methyl sites for hydroxylation is 1. The van der Waals surface area contributed by atoms with Crippen LogP contribution in [0.25, 0.3) is 0 Å². The maximum absolute atomic E-state index is 13.4. The number of carbonyl (C=O) groups excluding carboxylic acids is 2. The Bertz CT molecular complexity index is 917. The number of rotatable bonds is 10. The van der Waals surface area contributed by atoms with Crippen LogP contribution in [0.2, 0.25) is 0 Å². The Hall–Kier alpha value is -2.82. The lowest BCUT2D eigenvalue weighted by Crippen LogP contribution is -2.52. The highest BCUT2D eigenvalue weighted by Gasteiger charge is 2.31. The fraction of sp³-hybridized carbons (Fsp3) is 0.500. The molecule has 0 aliphatic heterocycles. The number of carbonyl (C=O) groups is 2. The maximum atomic E-state index is 13.4. The molecule has 5 heteroatoms. The van der Waals surface area contributed by atoms with Crippen LogP contribution in [-0.4, -0.2) is 35.4 Å². The third-order valence-electron chi connectivity index (χ3n) is 6.60. The molecule has 1 atom stereocenters. The number of nitrogens with zero attached hydrogens (tertiary/aromatic N) is 1. The minimum Gasteiger partial charge on any atom is -0.484 e. The Balaban J connectivity index is 1.74. The number of amides is 2. The quantitative estimate of drug-likeness (QED) is 0.530. The number of hydrogen-bond donors (Lipinski definition) is 1. The van der Waals surface area contributed by atoms with Gasteiger partial charge in [-0.1, -0.05) is 70.0 Å². The van der Waals surface area contributed by atoms with Crippen LogP contribution in [-0.2, 0) is 16.1 Å². The van der Waals surface area contributed by atoms with Crippen molar-refractivity contribution in [3.05, 3.63) is 65.2 Å². The zero-order valence-electron chi connectivity index (χ0n) is 20.5. The summed E-state index contributed by atoms with van der Waals surface area (Å²) in [4.78, 5) is 28.2. The Kier molecular flexibility index (Phi) is 8.93. The fourth-order valence-electron chi connectivity index (χ4n) is 4.43. The van der Waals surface area contributed by atoms with Gasteiger partial charge in [0.05, 0.1) is 0 Å². The van der Waals surface area contributed by atoms with Crippen molar-refractivity contribution in [1.29, 1.82) is 0 Å². The van der Waals surface area contributed by atoms with Gasteiger partial charge in [-0.25, -0.2) is 0 Å². The molecule has 1 aliphatic rings. The summed E-state index contributed by atoms with van der Waals surface area (Å²) in [6, 6.07) is 15.6. The lowest BCUT2D eigenvalue weighted by atomic mass is 10.0. The first-order valence-electron chi connectivity index (χ1n) is 12.3. The van der Waals surface area contributed by atoms with Crippen molar-refractivity contribution in [3.63, 3.8) is 0 Å². The second-order valence-electron chi connectivity index (χ2n) is 9.37. The lowest BCUT2D eigenvalue weighted by Gasteiger charge is -2.32. The van der Waals surface area contributed by atoms with Gasteiger partial charge in [-0.3, -0.25) is 9.59 Å². The molecule has 0 saturated heterocycles. The summed E-state index contributed by atoms with van der Waals surface area (Å²) in [5.74, 6) is 0.855. The van der Waals surface area contributed by atoms with Gasteiger partial charge in [0, 0.05) is 12.6 Å². The molecule has 3 rings (SSSR count). The second-order valence-corrected chi connectivity index (χ2v) is 9.37. The molecule has 2 aromatic rings. The summed E-state index contributed by atoms with van der Waals surface area (Å²) in [5, 5.41) is 3.18. The molecule has 33 heavy (non-hydrogen) atoms. The summed E-state index contributed by atoms with van der Waals surface area (Å²) in [7, 11) is 0. The van der Waals surface area contributed by atoms with Crippen molar-refractivity contribution < 1.29 is 14.3 Å². The predicted molar refractivity (Wildman–Crippen MR) is 132 cm³/mol. The van der Waals surface area contributed by atoms with E-state index in [0.717, 1.165) is 36.8 Å². The van der Waals surface area contributed by atoms with Gasteiger partial charge in [-0.15, -0.1) is 0 Å². The van der Waals surface area contributed by atoms with E-state index in [1.54, 1.807) is 4.90 Å². The summed E-state index contributed by atoms with van der Waals surface area (Å²) >= 11 is 0. The van der Waals surface area contributed by atoms with E-state index in [9.17, 15) is 9.59 Å². The Morgan fingerprint density at radius 1 is 1.06 bits per heavy atom. The Morgan fingerprint density at radius 2 is 1.73 bits per heavy atom. The van der Waals surface area contributed by atoms with Crippen molar-refractivity contribution in [2.45, 2.75) is 84.3 Å². The molecule has 0 radical (unpaired) electrons. The first kappa shape index (κ1) is 24.8. The molecule has 1 N–H and O–H groups in total. The number of nitrogens with one attached hydrogen (secondary N) is 1. The van der Waals surface area contributed by atoms with Crippen molar-refractivity contribution in [3.8, 4) is 5.75 Å². The summed E-state index contributed by atoms with van der Waals surface area (Å²) in [6.07, 6.45) is 4.89. The van der Waals surface area contributed by atoms with Crippen LogP contribution in [0.15, 0.2) is 48.5 Å². The van der Waals surface area contributed by atoms with E-state index in [0.29, 0.717) is 24.6 Å². The molecular weight excluding hydrogens is 412 g/mol. The van der Waals surface area contributed by atoms with Gasteiger partial charge in [0.2, 0.25) is 5.91 Å². The van der Waals surface area contributed by atoms with Crippen LogP contribution in [0.1, 0.15) is 75.5 Å². The molecule has 0 heterocycles. The normalized spacial score (nSPS) is 14.8. The Labute approximate surface area is 198 Å². The Morgan fingerprint density at radius 3 is 2.33 bits per heavy atom. The molecule has 1 aliphatic carbocycles. The minimum absolute atomic E-state index is 0.0624. The SMILES string of the molecule is CCC(C(=O)NC1CCCC1)N(Cc1ccccc1C)C(=O)COc1ccc(C(C)C)cc1. The van der Waals surface area contributed by atoms with E-state index < -0.39 is 6.04 Å². The average Bonchev–Trinajstić information content (AvgIpc) is 3.31. The van der Waals surface area contributed by atoms with Gasteiger partial charge in [0.1, 0.15) is 11.8 Å². The van der Waals surface area contributed by atoms with Gasteiger partial charge in [-0.2, -0.15) is 0 Å². The molecular formula is C28H38N2O3. The van der Waals surface area contributed by atoms with Crippen LogP contribution < -0.4 is 10.1 Å². The molecule has 2 amide bonds. The predicted octanol–water partition coefficient (Wildman–Crippen LogP) is 5.36. The first-order chi connectivity index (χ1) is 15.9. The highest BCUT2D eigenvalue weighted by molar-refractivity contribution is 5.88. The maximum Gasteiger partial charge on any atom is 0.261 e. The zero-order valence-corrected chi connectivity index (χ0v) is 20.5. The summed E-state index contributed by atoms with van der Waals surface area (Å²) in [5.41, 5.74) is 3.37. The second kappa shape index (κ2) is 11.9. The van der Waals surface area contributed by atoms with E-state index in [4.69, 9.17) is 4.74 Å². The van der Waals surface area contributed by atoms with Gasteiger partial charge >= 0.3 is 0 Å². The van der Waals surface area contributed by atoms with Gasteiger partial charge < -0.3 is 15.0 Å². The highest BCUT2D eigenvalue weighted by atomic mass is 16.5. The summed E-state index contributed by atoms with van der Waals surface area (Å²) in [6.45, 7) is 8.57. The average molecular weight is 451 g/mol. The summed E-state index contributed by atoms with van der Waals surface area (Å²) < 4.78 is 5.84. The van der Waals surface area contributed by atoms with E-state index in [-0.39, 0.29) is 24.5 Å².